The van der Waals surface area contributed by atoms with Gasteiger partial charge in [0.05, 0.1) is 17.6 Å². The third-order valence-corrected chi connectivity index (χ3v) is 3.24. The van der Waals surface area contributed by atoms with Gasteiger partial charge in [-0.2, -0.15) is 5.26 Å². The molecule has 4 heteroatoms. The standard InChI is InChI=1S/C16H14F2N2/c17-16(18)15(10-20)14-7-5-13(6-8-14)12-3-1-11(9-19)2-4-12/h1-8,15-16H,10,20H2. The van der Waals surface area contributed by atoms with E-state index in [9.17, 15) is 8.78 Å². The maximum absolute atomic E-state index is 12.8. The van der Waals surface area contributed by atoms with Gasteiger partial charge in [0.15, 0.2) is 0 Å². The molecule has 0 aliphatic rings. The number of benzene rings is 2. The lowest BCUT2D eigenvalue weighted by Crippen LogP contribution is -2.19. The Kier molecular flexibility index (Phi) is 4.44. The number of hydrogen-bond acceptors (Lipinski definition) is 2. The Morgan fingerprint density at radius 2 is 1.45 bits per heavy atom. The Morgan fingerprint density at radius 3 is 1.85 bits per heavy atom. The van der Waals surface area contributed by atoms with Crippen LogP contribution in [0.2, 0.25) is 0 Å². The van der Waals surface area contributed by atoms with E-state index in [1.54, 1.807) is 36.4 Å². The normalized spacial score (nSPS) is 12.2. The highest BCUT2D eigenvalue weighted by Crippen LogP contribution is 2.26. The van der Waals surface area contributed by atoms with Crippen LogP contribution in [0.4, 0.5) is 8.78 Å². The maximum atomic E-state index is 12.8. The maximum Gasteiger partial charge on any atom is 0.246 e. The fourth-order valence-electron chi connectivity index (χ4n) is 2.04. The Morgan fingerprint density at radius 1 is 0.950 bits per heavy atom. The van der Waals surface area contributed by atoms with Crippen LogP contribution in [0.15, 0.2) is 48.5 Å². The second kappa shape index (κ2) is 6.27. The summed E-state index contributed by atoms with van der Waals surface area (Å²) in [7, 11) is 0. The van der Waals surface area contributed by atoms with Gasteiger partial charge in [0.25, 0.3) is 0 Å². The number of hydrogen-bond donors (Lipinski definition) is 1. The molecule has 20 heavy (non-hydrogen) atoms. The average molecular weight is 272 g/mol. The molecule has 0 heterocycles. The number of nitriles is 1. The van der Waals surface area contributed by atoms with E-state index in [1.807, 2.05) is 12.1 Å². The zero-order valence-corrected chi connectivity index (χ0v) is 10.8. The van der Waals surface area contributed by atoms with Crippen LogP contribution in [0.1, 0.15) is 17.0 Å². The van der Waals surface area contributed by atoms with Crippen LogP contribution in [0.3, 0.4) is 0 Å². The summed E-state index contributed by atoms with van der Waals surface area (Å²) in [6.07, 6.45) is -2.46. The van der Waals surface area contributed by atoms with Crippen LogP contribution in [0.5, 0.6) is 0 Å². The van der Waals surface area contributed by atoms with Gasteiger partial charge in [-0.1, -0.05) is 36.4 Å². The fourth-order valence-corrected chi connectivity index (χ4v) is 2.04. The predicted molar refractivity (Wildman–Crippen MR) is 74.4 cm³/mol. The highest BCUT2D eigenvalue weighted by Gasteiger charge is 2.20. The first-order chi connectivity index (χ1) is 9.65. The quantitative estimate of drug-likeness (QED) is 0.925. The van der Waals surface area contributed by atoms with Crippen molar-refractivity contribution in [2.45, 2.75) is 12.3 Å². The van der Waals surface area contributed by atoms with Crippen molar-refractivity contribution in [3.05, 3.63) is 59.7 Å². The first-order valence-corrected chi connectivity index (χ1v) is 6.24. The van der Waals surface area contributed by atoms with Crippen LogP contribution in [-0.2, 0) is 0 Å². The third-order valence-electron chi connectivity index (χ3n) is 3.24. The van der Waals surface area contributed by atoms with Gasteiger partial charge >= 0.3 is 0 Å². The zero-order valence-electron chi connectivity index (χ0n) is 10.8. The van der Waals surface area contributed by atoms with Crippen LogP contribution in [0, 0.1) is 11.3 Å². The molecule has 0 fully saturated rings. The SMILES string of the molecule is N#Cc1ccc(-c2ccc(C(CN)C(F)F)cc2)cc1. The first-order valence-electron chi connectivity index (χ1n) is 6.24. The topological polar surface area (TPSA) is 49.8 Å². The molecule has 1 atom stereocenters. The Bertz CT molecular complexity index is 598. The number of nitrogens with two attached hydrogens (primary N) is 1. The summed E-state index contributed by atoms with van der Waals surface area (Å²) in [6.45, 7) is -0.0755. The van der Waals surface area contributed by atoms with Crippen molar-refractivity contribution < 1.29 is 8.78 Å². The van der Waals surface area contributed by atoms with Crippen molar-refractivity contribution in [2.24, 2.45) is 5.73 Å². The van der Waals surface area contributed by atoms with Crippen molar-refractivity contribution in [3.8, 4) is 17.2 Å². The van der Waals surface area contributed by atoms with Gasteiger partial charge in [-0.3, -0.25) is 0 Å². The van der Waals surface area contributed by atoms with Gasteiger partial charge in [0.1, 0.15) is 0 Å². The fraction of sp³-hybridized carbons (Fsp3) is 0.188. The molecule has 2 N–H and O–H groups in total. The smallest absolute Gasteiger partial charge is 0.246 e. The molecule has 0 bridgehead atoms. The van der Waals surface area contributed by atoms with Crippen molar-refractivity contribution in [3.63, 3.8) is 0 Å². The molecule has 2 rings (SSSR count). The van der Waals surface area contributed by atoms with Gasteiger partial charge in [-0.25, -0.2) is 8.78 Å². The summed E-state index contributed by atoms with van der Waals surface area (Å²) in [6, 6.07) is 16.1. The molecule has 102 valence electrons. The molecule has 2 nitrogen and oxygen atoms in total. The number of rotatable bonds is 4. The summed E-state index contributed by atoms with van der Waals surface area (Å²) in [5.74, 6) is -0.926. The van der Waals surface area contributed by atoms with Gasteiger partial charge < -0.3 is 5.73 Å². The van der Waals surface area contributed by atoms with Crippen LogP contribution < -0.4 is 5.73 Å². The second-order valence-corrected chi connectivity index (χ2v) is 4.49. The average Bonchev–Trinajstić information content (AvgIpc) is 2.48. The number of alkyl halides is 2. The lowest BCUT2D eigenvalue weighted by molar-refractivity contribution is 0.117. The molecule has 0 aliphatic carbocycles. The van der Waals surface area contributed by atoms with Crippen molar-refractivity contribution >= 4 is 0 Å². The summed E-state index contributed by atoms with van der Waals surface area (Å²) >= 11 is 0. The minimum atomic E-state index is -2.46. The predicted octanol–water partition coefficient (Wildman–Crippen LogP) is 3.53. The molecule has 0 spiro atoms. The van der Waals surface area contributed by atoms with E-state index in [4.69, 9.17) is 11.0 Å². The molecule has 0 saturated carbocycles. The highest BCUT2D eigenvalue weighted by atomic mass is 19.3. The van der Waals surface area contributed by atoms with E-state index >= 15 is 0 Å². The highest BCUT2D eigenvalue weighted by molar-refractivity contribution is 5.64. The molecule has 0 radical (unpaired) electrons. The summed E-state index contributed by atoms with van der Waals surface area (Å²) in [4.78, 5) is 0. The van der Waals surface area contributed by atoms with Gasteiger partial charge in [0, 0.05) is 6.54 Å². The third kappa shape index (κ3) is 3.01. The minimum Gasteiger partial charge on any atom is -0.330 e. The molecule has 2 aromatic rings. The molecular formula is C16H14F2N2. The van der Waals surface area contributed by atoms with Crippen LogP contribution >= 0.6 is 0 Å². The van der Waals surface area contributed by atoms with Gasteiger partial charge in [-0.15, -0.1) is 0 Å². The Balaban J connectivity index is 2.25. The molecular weight excluding hydrogens is 258 g/mol. The van der Waals surface area contributed by atoms with Crippen molar-refractivity contribution in [1.82, 2.24) is 0 Å². The van der Waals surface area contributed by atoms with E-state index in [1.165, 1.54) is 0 Å². The van der Waals surface area contributed by atoms with E-state index < -0.39 is 12.3 Å². The van der Waals surface area contributed by atoms with E-state index in [0.29, 0.717) is 11.1 Å². The molecule has 0 aliphatic heterocycles. The molecule has 0 aromatic heterocycles. The summed E-state index contributed by atoms with van der Waals surface area (Å²) in [5, 5.41) is 8.74. The molecule has 0 saturated heterocycles. The molecule has 1 unspecified atom stereocenters. The zero-order chi connectivity index (χ0) is 14.5. The number of nitrogens with zero attached hydrogens (tertiary/aromatic N) is 1. The lowest BCUT2D eigenvalue weighted by atomic mass is 9.96. The van der Waals surface area contributed by atoms with E-state index in [0.717, 1.165) is 11.1 Å². The van der Waals surface area contributed by atoms with Crippen LogP contribution in [0.25, 0.3) is 11.1 Å². The Hall–Kier alpha value is -2.25. The number of halogens is 2. The second-order valence-electron chi connectivity index (χ2n) is 4.49. The first kappa shape index (κ1) is 14.2. The van der Waals surface area contributed by atoms with Crippen molar-refractivity contribution in [2.75, 3.05) is 6.54 Å². The minimum absolute atomic E-state index is 0.0755. The molecule has 0 amide bonds. The largest absolute Gasteiger partial charge is 0.330 e. The van der Waals surface area contributed by atoms with Crippen molar-refractivity contribution in [1.29, 1.82) is 5.26 Å². The summed E-state index contributed by atoms with van der Waals surface area (Å²) < 4.78 is 25.6. The van der Waals surface area contributed by atoms with Gasteiger partial charge in [0.2, 0.25) is 6.43 Å². The monoisotopic (exact) mass is 272 g/mol. The molecule has 2 aromatic carbocycles. The van der Waals surface area contributed by atoms with Gasteiger partial charge in [-0.05, 0) is 28.8 Å². The summed E-state index contributed by atoms with van der Waals surface area (Å²) in [5.41, 5.74) is 8.37. The van der Waals surface area contributed by atoms with Crippen LogP contribution in [-0.4, -0.2) is 13.0 Å². The van der Waals surface area contributed by atoms with E-state index in [-0.39, 0.29) is 6.54 Å². The lowest BCUT2D eigenvalue weighted by Gasteiger charge is -2.14. The van der Waals surface area contributed by atoms with E-state index in [2.05, 4.69) is 6.07 Å². The Labute approximate surface area is 116 Å².